The van der Waals surface area contributed by atoms with E-state index in [-0.39, 0.29) is 16.9 Å². The van der Waals surface area contributed by atoms with Gasteiger partial charge in [-0.2, -0.15) is 0 Å². The maximum absolute atomic E-state index is 4.08. The first kappa shape index (κ1) is 52.5. The number of hydrogen-bond donors (Lipinski definition) is 0. The molecule has 0 radical (unpaired) electrons. The van der Waals surface area contributed by atoms with Crippen molar-refractivity contribution < 1.29 is 0 Å². The number of benzene rings is 10. The van der Waals surface area contributed by atoms with Crippen molar-refractivity contribution in [1.29, 1.82) is 0 Å². The SMILES string of the molecule is C=C/C=C(\C=C/C)N(c1ccc(N(c2ccc(-c3ccc(N(c4ccc(N(c5ccccc5)c5ccccc5)cc4)c4ccc5c(c4)-c4ccccc4C5(C)C)cc3)cc2)c2ccc3c(c2)-c2ccccc2C3(C)C)cc1)C1C=CC=CC1. The summed E-state index contributed by atoms with van der Waals surface area (Å²) in [6.45, 7) is 15.5. The van der Waals surface area contributed by atoms with Gasteiger partial charge in [0.15, 0.2) is 0 Å². The van der Waals surface area contributed by atoms with Gasteiger partial charge in [-0.15, -0.1) is 0 Å². The van der Waals surface area contributed by atoms with Gasteiger partial charge in [-0.3, -0.25) is 0 Å². The van der Waals surface area contributed by atoms with E-state index in [2.05, 4.69) is 346 Å². The van der Waals surface area contributed by atoms with Gasteiger partial charge < -0.3 is 19.6 Å². The molecule has 1 unspecified atom stereocenters. The molecule has 0 bridgehead atoms. The standard InChI is InChI=1S/C79H68N4/c1-7-22-58(23-8-2)80(59-24-12-9-13-25-59)64-42-46-66(47-43-64)82(68-50-52-76-72(54-68)70-30-18-20-32-74(70)78(76,3)4)62-38-34-56(35-39-62)57-36-40-63(41-37-57)83(69-51-53-77-73(55-69)71-31-19-21-33-75(71)79(77,5)6)67-48-44-65(45-49-67)81(60-26-14-10-15-27-60)61-28-16-11-17-29-61/h7-24,26-55,59H,1,25H2,2-6H3/b23-8-,58-22+. The van der Waals surface area contributed by atoms with Gasteiger partial charge in [0, 0.05) is 73.4 Å². The first-order chi connectivity index (χ1) is 40.6. The van der Waals surface area contributed by atoms with E-state index in [1.54, 1.807) is 0 Å². The van der Waals surface area contributed by atoms with E-state index < -0.39 is 0 Å². The molecule has 83 heavy (non-hydrogen) atoms. The summed E-state index contributed by atoms with van der Waals surface area (Å²) in [5.41, 5.74) is 24.8. The lowest BCUT2D eigenvalue weighted by atomic mass is 9.82. The second kappa shape index (κ2) is 21.9. The highest BCUT2D eigenvalue weighted by Crippen LogP contribution is 2.53. The summed E-state index contributed by atoms with van der Waals surface area (Å²) in [7, 11) is 0. The summed E-state index contributed by atoms with van der Waals surface area (Å²) >= 11 is 0. The minimum Gasteiger partial charge on any atom is -0.334 e. The number of hydrogen-bond acceptors (Lipinski definition) is 4. The normalized spacial score (nSPS) is 15.0. The largest absolute Gasteiger partial charge is 0.334 e. The van der Waals surface area contributed by atoms with Crippen molar-refractivity contribution >= 4 is 56.9 Å². The third kappa shape index (κ3) is 9.60. The van der Waals surface area contributed by atoms with Crippen LogP contribution in [0.5, 0.6) is 0 Å². The summed E-state index contributed by atoms with van der Waals surface area (Å²) in [6, 6.07) is 89.5. The Morgan fingerprint density at radius 3 is 1.17 bits per heavy atom. The van der Waals surface area contributed by atoms with Crippen LogP contribution in [-0.4, -0.2) is 6.04 Å². The van der Waals surface area contributed by atoms with E-state index in [1.807, 2.05) is 6.08 Å². The Bertz CT molecular complexity index is 4090. The van der Waals surface area contributed by atoms with Crippen LogP contribution < -0.4 is 19.6 Å². The van der Waals surface area contributed by atoms with Gasteiger partial charge in [-0.05, 0) is 202 Å². The van der Waals surface area contributed by atoms with Crippen LogP contribution in [0.4, 0.5) is 56.9 Å². The molecule has 13 rings (SSSR count). The Labute approximate surface area is 490 Å². The van der Waals surface area contributed by atoms with Crippen molar-refractivity contribution in [2.75, 3.05) is 19.6 Å². The third-order valence-corrected chi connectivity index (χ3v) is 17.2. The fourth-order valence-electron chi connectivity index (χ4n) is 13.1. The molecule has 4 nitrogen and oxygen atoms in total. The molecule has 10 aromatic carbocycles. The second-order valence-electron chi connectivity index (χ2n) is 22.9. The van der Waals surface area contributed by atoms with E-state index in [4.69, 9.17) is 0 Å². The Morgan fingerprint density at radius 1 is 0.398 bits per heavy atom. The summed E-state index contributed by atoms with van der Waals surface area (Å²) in [6.07, 6.45) is 18.0. The summed E-state index contributed by atoms with van der Waals surface area (Å²) < 4.78 is 0. The Kier molecular flexibility index (Phi) is 13.8. The van der Waals surface area contributed by atoms with Crippen molar-refractivity contribution in [3.63, 3.8) is 0 Å². The number of allylic oxidation sites excluding steroid dienone is 6. The lowest BCUT2D eigenvalue weighted by molar-refractivity contribution is 0.660. The molecular weight excluding hydrogens is 1000 g/mol. The highest BCUT2D eigenvalue weighted by molar-refractivity contribution is 5.90. The summed E-state index contributed by atoms with van der Waals surface area (Å²) in [5.74, 6) is 0. The molecule has 4 heteroatoms. The number of anilines is 10. The lowest BCUT2D eigenvalue weighted by Gasteiger charge is -2.34. The average Bonchev–Trinajstić information content (AvgIpc) is 2.74. The van der Waals surface area contributed by atoms with E-state index in [0.29, 0.717) is 0 Å². The van der Waals surface area contributed by atoms with Crippen LogP contribution in [-0.2, 0) is 10.8 Å². The van der Waals surface area contributed by atoms with E-state index >= 15 is 0 Å². The van der Waals surface area contributed by atoms with Crippen LogP contribution >= 0.6 is 0 Å². The number of fused-ring (bicyclic) bond motifs is 6. The summed E-state index contributed by atoms with van der Waals surface area (Å²) in [4.78, 5) is 9.54. The maximum Gasteiger partial charge on any atom is 0.0559 e. The van der Waals surface area contributed by atoms with Gasteiger partial charge in [-0.1, -0.05) is 192 Å². The van der Waals surface area contributed by atoms with Gasteiger partial charge in [0.2, 0.25) is 0 Å². The second-order valence-corrected chi connectivity index (χ2v) is 22.9. The first-order valence-corrected chi connectivity index (χ1v) is 29.1. The number of para-hydroxylation sites is 2. The van der Waals surface area contributed by atoms with Crippen LogP contribution in [0.3, 0.4) is 0 Å². The molecule has 0 saturated carbocycles. The number of rotatable bonds is 15. The van der Waals surface area contributed by atoms with Crippen LogP contribution in [0, 0.1) is 0 Å². The molecule has 1 atom stereocenters. The van der Waals surface area contributed by atoms with Crippen LogP contribution in [0.2, 0.25) is 0 Å². The zero-order valence-corrected chi connectivity index (χ0v) is 48.0. The van der Waals surface area contributed by atoms with E-state index in [0.717, 1.165) is 80.1 Å². The average molecular weight is 1070 g/mol. The molecule has 404 valence electrons. The smallest absolute Gasteiger partial charge is 0.0559 e. The van der Waals surface area contributed by atoms with E-state index in [1.165, 1.54) is 44.5 Å². The molecule has 0 amide bonds. The molecule has 0 fully saturated rings. The van der Waals surface area contributed by atoms with Crippen molar-refractivity contribution in [3.8, 4) is 33.4 Å². The van der Waals surface area contributed by atoms with Gasteiger partial charge >= 0.3 is 0 Å². The quantitative estimate of drug-likeness (QED) is 0.0949. The highest BCUT2D eigenvalue weighted by Gasteiger charge is 2.37. The molecule has 0 saturated heterocycles. The zero-order valence-electron chi connectivity index (χ0n) is 48.0. The van der Waals surface area contributed by atoms with Crippen molar-refractivity contribution in [2.45, 2.75) is 57.9 Å². The van der Waals surface area contributed by atoms with Gasteiger partial charge in [0.25, 0.3) is 0 Å². The molecule has 0 aliphatic heterocycles. The van der Waals surface area contributed by atoms with Gasteiger partial charge in [-0.25, -0.2) is 0 Å². The third-order valence-electron chi connectivity index (χ3n) is 17.2. The molecule has 0 aromatic heterocycles. The highest BCUT2D eigenvalue weighted by atomic mass is 15.2. The molecule has 3 aliphatic rings. The molecule has 0 N–H and O–H groups in total. The topological polar surface area (TPSA) is 13.0 Å². The van der Waals surface area contributed by atoms with Crippen LogP contribution in [0.25, 0.3) is 33.4 Å². The Balaban J connectivity index is 0.868. The fraction of sp³-hybridized carbons (Fsp3) is 0.114. The predicted octanol–water partition coefficient (Wildman–Crippen LogP) is 21.7. The minimum atomic E-state index is -0.0941. The molecule has 3 aliphatic carbocycles. The Hall–Kier alpha value is -9.90. The molecule has 0 heterocycles. The molecule has 0 spiro atoms. The lowest BCUT2D eigenvalue weighted by Crippen LogP contribution is -2.33. The van der Waals surface area contributed by atoms with Crippen molar-refractivity contribution in [3.05, 3.63) is 326 Å². The zero-order chi connectivity index (χ0) is 56.7. The maximum atomic E-state index is 4.08. The first-order valence-electron chi connectivity index (χ1n) is 29.1. The predicted molar refractivity (Wildman–Crippen MR) is 353 cm³/mol. The number of nitrogens with zero attached hydrogens (tertiary/aromatic N) is 4. The Morgan fingerprint density at radius 2 is 0.759 bits per heavy atom. The molecule has 10 aromatic rings. The van der Waals surface area contributed by atoms with Crippen molar-refractivity contribution in [2.24, 2.45) is 0 Å². The van der Waals surface area contributed by atoms with Crippen LogP contribution in [0.1, 0.15) is 63.3 Å². The fourth-order valence-corrected chi connectivity index (χ4v) is 13.1. The van der Waals surface area contributed by atoms with Gasteiger partial charge in [0.05, 0.1) is 6.04 Å². The summed E-state index contributed by atoms with van der Waals surface area (Å²) in [5, 5.41) is 0. The molecular formula is C79H68N4. The van der Waals surface area contributed by atoms with E-state index in [9.17, 15) is 0 Å². The van der Waals surface area contributed by atoms with Crippen LogP contribution in [0.15, 0.2) is 304 Å². The van der Waals surface area contributed by atoms with Gasteiger partial charge in [0.1, 0.15) is 0 Å². The van der Waals surface area contributed by atoms with Crippen molar-refractivity contribution in [1.82, 2.24) is 0 Å². The monoisotopic (exact) mass is 1070 g/mol. The minimum absolute atomic E-state index is 0.0928.